The van der Waals surface area contributed by atoms with Crippen LogP contribution in [0, 0.1) is 0 Å². The summed E-state index contributed by atoms with van der Waals surface area (Å²) in [6, 6.07) is 38.4. The summed E-state index contributed by atoms with van der Waals surface area (Å²) in [5.74, 6) is 1.46. The fraction of sp³-hybridized carbons (Fsp3) is 0.176. The second kappa shape index (κ2) is 9.79. The number of nitrogens with zero attached hydrogens (tertiary/aromatic N) is 2. The molecule has 0 aromatic heterocycles. The van der Waals surface area contributed by atoms with Gasteiger partial charge in [0, 0.05) is 11.1 Å². The Kier molecular flexibility index (Phi) is 5.86. The molecule has 2 heterocycles. The first-order valence-corrected chi connectivity index (χ1v) is 13.3. The summed E-state index contributed by atoms with van der Waals surface area (Å²) >= 11 is 0. The maximum atomic E-state index is 6.15. The monoisotopic (exact) mass is 496 g/mol. The maximum Gasteiger partial charge on any atom is 0.217 e. The van der Waals surface area contributed by atoms with Crippen LogP contribution in [0.3, 0.4) is 0 Å². The second-order valence-corrected chi connectivity index (χ2v) is 10.1. The van der Waals surface area contributed by atoms with Gasteiger partial charge in [0.2, 0.25) is 11.8 Å². The van der Waals surface area contributed by atoms with Gasteiger partial charge in [-0.1, -0.05) is 84.9 Å². The zero-order valence-electron chi connectivity index (χ0n) is 21.1. The lowest BCUT2D eigenvalue weighted by atomic mass is 9.96. The van der Waals surface area contributed by atoms with Crippen LogP contribution in [0.2, 0.25) is 0 Å². The summed E-state index contributed by atoms with van der Waals surface area (Å²) in [5.41, 5.74) is 4.63. The highest BCUT2D eigenvalue weighted by Crippen LogP contribution is 2.31. The van der Waals surface area contributed by atoms with Gasteiger partial charge in [-0.15, -0.1) is 0 Å². The molecule has 0 spiro atoms. The highest BCUT2D eigenvalue weighted by Gasteiger charge is 2.24. The Morgan fingerprint density at radius 2 is 1.00 bits per heavy atom. The Morgan fingerprint density at radius 1 is 0.526 bits per heavy atom. The molecule has 0 saturated heterocycles. The van der Waals surface area contributed by atoms with Crippen LogP contribution in [0.5, 0.6) is 0 Å². The third-order valence-corrected chi connectivity index (χ3v) is 7.39. The third-order valence-electron chi connectivity index (χ3n) is 7.39. The molecule has 0 amide bonds. The van der Waals surface area contributed by atoms with E-state index in [1.807, 2.05) is 12.1 Å². The topological polar surface area (TPSA) is 43.2 Å². The number of benzene rings is 5. The van der Waals surface area contributed by atoms with Crippen molar-refractivity contribution in [2.45, 2.75) is 24.9 Å². The summed E-state index contributed by atoms with van der Waals surface area (Å²) in [4.78, 5) is 9.96. The van der Waals surface area contributed by atoms with Crippen LogP contribution >= 0.6 is 0 Å². The van der Waals surface area contributed by atoms with Crippen molar-refractivity contribution in [1.82, 2.24) is 0 Å². The first kappa shape index (κ1) is 22.7. The zero-order chi connectivity index (χ0) is 25.3. The maximum absolute atomic E-state index is 6.15. The Hall–Kier alpha value is -4.44. The SMILES string of the molecule is c1ccc(C[C@H]2COC(c3cccc4cc5cccc(C6=N[C@@H](Cc7ccccc7)CO6)c5cc34)=N2)cc1. The fourth-order valence-electron chi connectivity index (χ4n) is 5.53. The van der Waals surface area contributed by atoms with E-state index in [2.05, 4.69) is 97.1 Å². The van der Waals surface area contributed by atoms with Crippen LogP contribution in [0.15, 0.2) is 119 Å². The first-order chi connectivity index (χ1) is 18.8. The van der Waals surface area contributed by atoms with Gasteiger partial charge in [-0.05, 0) is 69.8 Å². The lowest BCUT2D eigenvalue weighted by Gasteiger charge is -2.11. The van der Waals surface area contributed by atoms with E-state index in [-0.39, 0.29) is 12.1 Å². The molecule has 2 atom stereocenters. The summed E-state index contributed by atoms with van der Waals surface area (Å²) in [7, 11) is 0. The first-order valence-electron chi connectivity index (χ1n) is 13.3. The summed E-state index contributed by atoms with van der Waals surface area (Å²) < 4.78 is 12.3. The molecule has 7 rings (SSSR count). The third kappa shape index (κ3) is 4.43. The Bertz CT molecular complexity index is 1550. The molecule has 0 saturated carbocycles. The number of fused-ring (bicyclic) bond motifs is 2. The van der Waals surface area contributed by atoms with E-state index in [9.17, 15) is 0 Å². The molecular weight excluding hydrogens is 468 g/mol. The molecule has 4 nitrogen and oxygen atoms in total. The van der Waals surface area contributed by atoms with Crippen molar-refractivity contribution in [3.8, 4) is 0 Å². The van der Waals surface area contributed by atoms with E-state index in [0.717, 1.165) is 46.5 Å². The van der Waals surface area contributed by atoms with Gasteiger partial charge in [-0.3, -0.25) is 0 Å². The summed E-state index contributed by atoms with van der Waals surface area (Å²) in [6.07, 6.45) is 1.76. The Balaban J connectivity index is 1.24. The van der Waals surface area contributed by atoms with Crippen molar-refractivity contribution in [1.29, 1.82) is 0 Å². The molecule has 2 aliphatic heterocycles. The van der Waals surface area contributed by atoms with E-state index >= 15 is 0 Å². The van der Waals surface area contributed by atoms with E-state index < -0.39 is 0 Å². The minimum absolute atomic E-state index is 0.126. The van der Waals surface area contributed by atoms with Crippen molar-refractivity contribution in [3.05, 3.63) is 131 Å². The molecule has 186 valence electrons. The standard InChI is InChI=1S/C34H28N2O2/c1-3-9-23(10-4-1)17-27-21-37-33(35-27)29-15-7-13-25-19-26-14-8-16-30(32(26)20-31(25)29)34-36-28(22-38-34)18-24-11-5-2-6-12-24/h1-16,19-20,27-28H,17-18,21-22H2/t27-,28-/m0/s1. The van der Waals surface area contributed by atoms with Gasteiger partial charge in [0.05, 0.1) is 12.1 Å². The van der Waals surface area contributed by atoms with E-state index in [1.54, 1.807) is 0 Å². The largest absolute Gasteiger partial charge is 0.475 e. The number of hydrogen-bond acceptors (Lipinski definition) is 4. The molecule has 0 radical (unpaired) electrons. The van der Waals surface area contributed by atoms with E-state index in [4.69, 9.17) is 19.5 Å². The molecule has 4 heteroatoms. The van der Waals surface area contributed by atoms with E-state index in [1.165, 1.54) is 21.9 Å². The van der Waals surface area contributed by atoms with Gasteiger partial charge in [0.25, 0.3) is 0 Å². The molecule has 5 aromatic carbocycles. The lowest BCUT2D eigenvalue weighted by molar-refractivity contribution is 0.317. The number of aliphatic imine (C=N–C) groups is 2. The minimum atomic E-state index is 0.126. The smallest absolute Gasteiger partial charge is 0.217 e. The Labute approximate surface area is 222 Å². The van der Waals surface area contributed by atoms with Gasteiger partial charge < -0.3 is 9.47 Å². The molecule has 0 unspecified atom stereocenters. The van der Waals surface area contributed by atoms with Crippen LogP contribution in [0.1, 0.15) is 22.3 Å². The van der Waals surface area contributed by atoms with Crippen LogP contribution in [0.25, 0.3) is 21.5 Å². The van der Waals surface area contributed by atoms with Crippen LogP contribution in [-0.2, 0) is 22.3 Å². The highest BCUT2D eigenvalue weighted by atomic mass is 16.5. The van der Waals surface area contributed by atoms with Gasteiger partial charge in [0.15, 0.2) is 0 Å². The van der Waals surface area contributed by atoms with Crippen LogP contribution < -0.4 is 0 Å². The average Bonchev–Trinajstić information content (AvgIpc) is 3.62. The minimum Gasteiger partial charge on any atom is -0.475 e. The quantitative estimate of drug-likeness (QED) is 0.244. The van der Waals surface area contributed by atoms with E-state index in [0.29, 0.717) is 13.2 Å². The molecular formula is C34H28N2O2. The Morgan fingerprint density at radius 3 is 1.47 bits per heavy atom. The molecule has 0 N–H and O–H groups in total. The summed E-state index contributed by atoms with van der Waals surface area (Å²) in [6.45, 7) is 1.21. The van der Waals surface area contributed by atoms with Gasteiger partial charge in [-0.2, -0.15) is 0 Å². The molecule has 5 aromatic rings. The van der Waals surface area contributed by atoms with Crippen LogP contribution in [0.4, 0.5) is 0 Å². The number of rotatable bonds is 6. The molecule has 38 heavy (non-hydrogen) atoms. The summed E-state index contributed by atoms with van der Waals surface area (Å²) in [5, 5.41) is 4.60. The predicted molar refractivity (Wildman–Crippen MR) is 154 cm³/mol. The average molecular weight is 497 g/mol. The molecule has 0 fully saturated rings. The van der Waals surface area contributed by atoms with Crippen molar-refractivity contribution < 1.29 is 9.47 Å². The zero-order valence-corrected chi connectivity index (χ0v) is 21.1. The fourth-order valence-corrected chi connectivity index (χ4v) is 5.53. The van der Waals surface area contributed by atoms with Gasteiger partial charge in [0.1, 0.15) is 13.2 Å². The lowest BCUT2D eigenvalue weighted by Crippen LogP contribution is -2.09. The number of ether oxygens (including phenoxy) is 2. The van der Waals surface area contributed by atoms with Crippen molar-refractivity contribution in [2.75, 3.05) is 13.2 Å². The van der Waals surface area contributed by atoms with Crippen molar-refractivity contribution in [2.24, 2.45) is 9.98 Å². The second-order valence-electron chi connectivity index (χ2n) is 10.1. The van der Waals surface area contributed by atoms with Crippen LogP contribution in [-0.4, -0.2) is 37.1 Å². The highest BCUT2D eigenvalue weighted by molar-refractivity contribution is 6.15. The normalized spacial score (nSPS) is 18.7. The van der Waals surface area contributed by atoms with Gasteiger partial charge in [-0.25, -0.2) is 9.98 Å². The molecule has 0 aliphatic carbocycles. The molecule has 0 bridgehead atoms. The molecule has 2 aliphatic rings. The van der Waals surface area contributed by atoms with Gasteiger partial charge >= 0.3 is 0 Å². The van der Waals surface area contributed by atoms with Crippen molar-refractivity contribution in [3.63, 3.8) is 0 Å². The predicted octanol–water partition coefficient (Wildman–Crippen LogP) is 6.77. The van der Waals surface area contributed by atoms with Crippen molar-refractivity contribution >= 4 is 33.3 Å². The number of hydrogen-bond donors (Lipinski definition) is 0.